The highest BCUT2D eigenvalue weighted by molar-refractivity contribution is 5.63. The molecule has 2 N–H and O–H groups in total. The molecule has 0 amide bonds. The maximum absolute atomic E-state index is 9.40. The highest BCUT2D eigenvalue weighted by Gasteiger charge is 2.21. The number of ether oxygens (including phenoxy) is 2. The van der Waals surface area contributed by atoms with E-state index in [4.69, 9.17) is 9.47 Å². The van der Waals surface area contributed by atoms with E-state index in [-0.39, 0.29) is 12.0 Å². The van der Waals surface area contributed by atoms with Gasteiger partial charge in [0.2, 0.25) is 0 Å². The van der Waals surface area contributed by atoms with Gasteiger partial charge in [0.25, 0.3) is 0 Å². The molecule has 0 saturated carbocycles. The highest BCUT2D eigenvalue weighted by atomic mass is 16.5. The Bertz CT molecular complexity index is 956. The summed E-state index contributed by atoms with van der Waals surface area (Å²) >= 11 is 0. The summed E-state index contributed by atoms with van der Waals surface area (Å²) in [6.07, 6.45) is 0. The summed E-state index contributed by atoms with van der Waals surface area (Å²) in [7, 11) is 3.21. The second-order valence-electron chi connectivity index (χ2n) is 7.45. The maximum atomic E-state index is 9.40. The monoisotopic (exact) mass is 393 g/mol. The number of aliphatic hydroxyl groups is 1. The van der Waals surface area contributed by atoms with E-state index < -0.39 is 0 Å². The second-order valence-corrected chi connectivity index (χ2v) is 7.45. The zero-order valence-corrected chi connectivity index (χ0v) is 17.3. The molecule has 6 nitrogen and oxygen atoms in total. The largest absolute Gasteiger partial charge is 0.497 e. The Balaban J connectivity index is 1.82. The van der Waals surface area contributed by atoms with Crippen molar-refractivity contribution in [2.45, 2.75) is 25.9 Å². The third-order valence-corrected chi connectivity index (χ3v) is 4.88. The average molecular weight is 393 g/mol. The number of aromatic nitrogens is 2. The van der Waals surface area contributed by atoms with Gasteiger partial charge >= 0.3 is 6.01 Å². The van der Waals surface area contributed by atoms with Crippen molar-refractivity contribution in [1.82, 2.24) is 9.97 Å². The summed E-state index contributed by atoms with van der Waals surface area (Å²) in [6, 6.07) is 17.9. The van der Waals surface area contributed by atoms with Gasteiger partial charge in [0.15, 0.2) is 0 Å². The molecule has 0 aliphatic carbocycles. The van der Waals surface area contributed by atoms with Crippen LogP contribution in [0.15, 0.2) is 54.6 Å². The Hall–Kier alpha value is -3.12. The van der Waals surface area contributed by atoms with Crippen molar-refractivity contribution in [2.75, 3.05) is 26.1 Å². The summed E-state index contributed by atoms with van der Waals surface area (Å²) in [5.74, 6) is 1.52. The highest BCUT2D eigenvalue weighted by Crippen LogP contribution is 2.27. The summed E-state index contributed by atoms with van der Waals surface area (Å²) in [6.45, 7) is 5.00. The molecule has 0 atom stereocenters. The van der Waals surface area contributed by atoms with E-state index in [0.29, 0.717) is 18.4 Å². The Morgan fingerprint density at radius 1 is 0.966 bits per heavy atom. The van der Waals surface area contributed by atoms with Crippen molar-refractivity contribution in [3.05, 3.63) is 65.7 Å². The second kappa shape index (κ2) is 8.92. The normalized spacial score (nSPS) is 11.2. The van der Waals surface area contributed by atoms with Crippen LogP contribution in [0.4, 0.5) is 5.82 Å². The molecule has 0 spiro atoms. The fraction of sp³-hybridized carbons (Fsp3) is 0.304. The minimum absolute atomic E-state index is 0.0167. The number of rotatable bonds is 8. The van der Waals surface area contributed by atoms with Crippen molar-refractivity contribution >= 4 is 5.82 Å². The molecule has 0 aliphatic heterocycles. The number of methoxy groups -OCH3 is 2. The standard InChI is InChI=1S/C23H27N3O3/c1-23(2,18-8-10-19(28-3)11-9-18)15-24-21-13-20(25-22(26-21)29-4)17-7-5-6-16(12-17)14-27/h5-13,27H,14-15H2,1-4H3,(H,24,25,26). The van der Waals surface area contributed by atoms with Crippen LogP contribution in [0.2, 0.25) is 0 Å². The number of nitrogens with zero attached hydrogens (tertiary/aromatic N) is 2. The first-order chi connectivity index (χ1) is 13.9. The molecule has 0 saturated heterocycles. The topological polar surface area (TPSA) is 76.5 Å². The smallest absolute Gasteiger partial charge is 0.318 e. The lowest BCUT2D eigenvalue weighted by atomic mass is 9.84. The lowest BCUT2D eigenvalue weighted by Crippen LogP contribution is -2.28. The Kier molecular flexibility index (Phi) is 6.34. The van der Waals surface area contributed by atoms with Gasteiger partial charge in [-0.15, -0.1) is 0 Å². The zero-order chi connectivity index (χ0) is 20.9. The molecule has 0 fully saturated rings. The van der Waals surface area contributed by atoms with Gasteiger partial charge in [-0.25, -0.2) is 0 Å². The predicted octanol–water partition coefficient (Wildman–Crippen LogP) is 4.04. The Morgan fingerprint density at radius 2 is 1.72 bits per heavy atom. The number of hydrogen-bond acceptors (Lipinski definition) is 6. The van der Waals surface area contributed by atoms with Gasteiger partial charge in [0.1, 0.15) is 11.6 Å². The van der Waals surface area contributed by atoms with Crippen LogP contribution in [0, 0.1) is 0 Å². The van der Waals surface area contributed by atoms with Crippen LogP contribution < -0.4 is 14.8 Å². The van der Waals surface area contributed by atoms with Crippen molar-refractivity contribution < 1.29 is 14.6 Å². The molecule has 0 radical (unpaired) electrons. The number of nitrogens with one attached hydrogen (secondary N) is 1. The van der Waals surface area contributed by atoms with Crippen LogP contribution in [0.25, 0.3) is 11.3 Å². The molecule has 3 rings (SSSR count). The predicted molar refractivity (Wildman–Crippen MR) is 114 cm³/mol. The summed E-state index contributed by atoms with van der Waals surface area (Å²) < 4.78 is 10.5. The Labute approximate surface area is 171 Å². The van der Waals surface area contributed by atoms with Gasteiger partial charge in [-0.05, 0) is 29.3 Å². The number of aliphatic hydroxyl groups excluding tert-OH is 1. The van der Waals surface area contributed by atoms with Gasteiger partial charge in [0, 0.05) is 23.6 Å². The van der Waals surface area contributed by atoms with E-state index in [1.807, 2.05) is 42.5 Å². The molecule has 152 valence electrons. The van der Waals surface area contributed by atoms with Crippen molar-refractivity contribution in [3.8, 4) is 23.0 Å². The van der Waals surface area contributed by atoms with Gasteiger partial charge in [-0.1, -0.05) is 44.2 Å². The zero-order valence-electron chi connectivity index (χ0n) is 17.3. The number of hydrogen-bond donors (Lipinski definition) is 2. The fourth-order valence-corrected chi connectivity index (χ4v) is 3.04. The van der Waals surface area contributed by atoms with Crippen LogP contribution >= 0.6 is 0 Å². The number of benzene rings is 2. The molecule has 0 bridgehead atoms. The molecular weight excluding hydrogens is 366 g/mol. The van der Waals surface area contributed by atoms with Gasteiger partial charge in [0.05, 0.1) is 26.5 Å². The molecule has 6 heteroatoms. The van der Waals surface area contributed by atoms with Gasteiger partial charge < -0.3 is 19.9 Å². The van der Waals surface area contributed by atoms with E-state index in [2.05, 4.69) is 41.3 Å². The lowest BCUT2D eigenvalue weighted by molar-refractivity contribution is 0.282. The first-order valence-electron chi connectivity index (χ1n) is 9.47. The van der Waals surface area contributed by atoms with E-state index >= 15 is 0 Å². The van der Waals surface area contributed by atoms with Gasteiger partial charge in [-0.3, -0.25) is 0 Å². The quantitative estimate of drug-likeness (QED) is 0.601. The molecule has 1 heterocycles. The lowest BCUT2D eigenvalue weighted by Gasteiger charge is -2.26. The van der Waals surface area contributed by atoms with E-state index in [1.54, 1.807) is 14.2 Å². The number of anilines is 1. The minimum atomic E-state index is -0.124. The molecule has 0 unspecified atom stereocenters. The van der Waals surface area contributed by atoms with Crippen molar-refractivity contribution in [3.63, 3.8) is 0 Å². The average Bonchev–Trinajstić information content (AvgIpc) is 2.77. The SMILES string of the molecule is COc1ccc(C(C)(C)CNc2cc(-c3cccc(CO)c3)nc(OC)n2)cc1. The van der Waals surface area contributed by atoms with Gasteiger partial charge in [-0.2, -0.15) is 9.97 Å². The van der Waals surface area contributed by atoms with Crippen LogP contribution in [0.3, 0.4) is 0 Å². The molecule has 2 aromatic carbocycles. The van der Waals surface area contributed by atoms with Crippen molar-refractivity contribution in [2.24, 2.45) is 0 Å². The molecule has 3 aromatic rings. The maximum Gasteiger partial charge on any atom is 0.318 e. The summed E-state index contributed by atoms with van der Waals surface area (Å²) in [5, 5.41) is 12.8. The molecular formula is C23H27N3O3. The first kappa shape index (κ1) is 20.6. The molecule has 29 heavy (non-hydrogen) atoms. The minimum Gasteiger partial charge on any atom is -0.497 e. The van der Waals surface area contributed by atoms with E-state index in [9.17, 15) is 5.11 Å². The van der Waals surface area contributed by atoms with Crippen LogP contribution in [0.1, 0.15) is 25.0 Å². The molecule has 0 aliphatic rings. The summed E-state index contributed by atoms with van der Waals surface area (Å²) in [5.41, 5.74) is 3.53. The fourth-order valence-electron chi connectivity index (χ4n) is 3.04. The third kappa shape index (κ3) is 5.03. The summed E-state index contributed by atoms with van der Waals surface area (Å²) in [4.78, 5) is 8.88. The molecule has 1 aromatic heterocycles. The van der Waals surface area contributed by atoms with Crippen LogP contribution in [0.5, 0.6) is 11.8 Å². The van der Waals surface area contributed by atoms with Crippen molar-refractivity contribution in [1.29, 1.82) is 0 Å². The third-order valence-electron chi connectivity index (χ3n) is 4.88. The van der Waals surface area contributed by atoms with E-state index in [1.165, 1.54) is 5.56 Å². The van der Waals surface area contributed by atoms with E-state index in [0.717, 1.165) is 22.6 Å². The first-order valence-corrected chi connectivity index (χ1v) is 9.47. The Morgan fingerprint density at radius 3 is 2.38 bits per heavy atom. The van der Waals surface area contributed by atoms with Crippen LogP contribution in [-0.4, -0.2) is 35.8 Å². The van der Waals surface area contributed by atoms with Crippen LogP contribution in [-0.2, 0) is 12.0 Å².